The van der Waals surface area contributed by atoms with Gasteiger partial charge in [-0.15, -0.1) is 0 Å². The fraction of sp³-hybridized carbons (Fsp3) is 0.308. The minimum absolute atomic E-state index is 0.00142. The number of nitrogens with one attached hydrogen (secondary N) is 1. The van der Waals surface area contributed by atoms with Gasteiger partial charge in [0.25, 0.3) is 5.91 Å². The Morgan fingerprint density at radius 3 is 2.60 bits per heavy atom. The maximum atomic E-state index is 12.5. The van der Waals surface area contributed by atoms with Crippen molar-refractivity contribution in [2.75, 3.05) is 20.3 Å². The summed E-state index contributed by atoms with van der Waals surface area (Å²) in [7, 11) is 1.56. The second-order valence-electron chi connectivity index (χ2n) is 8.09. The number of aliphatic imine (C=N–C) groups is 1. The van der Waals surface area contributed by atoms with Crippen molar-refractivity contribution in [3.05, 3.63) is 59.2 Å². The number of carbonyl (C=O) groups excluding carboxylic acids is 1. The number of fused-ring (bicyclic) bond motifs is 1. The highest BCUT2D eigenvalue weighted by Crippen LogP contribution is 2.32. The maximum absolute atomic E-state index is 12.5. The van der Waals surface area contributed by atoms with E-state index in [1.165, 1.54) is 22.3 Å². The fourth-order valence-electron chi connectivity index (χ4n) is 3.69. The number of hydrogen-bond donors (Lipinski definition) is 1. The molecule has 2 aromatic rings. The van der Waals surface area contributed by atoms with Gasteiger partial charge in [0, 0.05) is 0 Å². The first-order valence-corrected chi connectivity index (χ1v) is 12.2. The molecular formula is C26H28N4O4S. The number of thioether (sulfide) groups is 1. The molecule has 2 aromatic carbocycles. The smallest absolute Gasteiger partial charge is 0.283 e. The van der Waals surface area contributed by atoms with Gasteiger partial charge in [-0.2, -0.15) is 15.1 Å². The molecule has 0 radical (unpaired) electrons. The summed E-state index contributed by atoms with van der Waals surface area (Å²) >= 11 is 1.27. The highest BCUT2D eigenvalue weighted by molar-refractivity contribution is 8.26. The Balaban J connectivity index is 1.42. The number of hydrazone groups is 1. The molecule has 0 saturated heterocycles. The molecule has 8 nitrogen and oxygen atoms in total. The predicted molar refractivity (Wildman–Crippen MR) is 140 cm³/mol. The molecule has 35 heavy (non-hydrogen) atoms. The molecule has 0 aliphatic carbocycles. The summed E-state index contributed by atoms with van der Waals surface area (Å²) in [6.07, 6.45) is 2.65. The zero-order chi connectivity index (χ0) is 24.9. The summed E-state index contributed by atoms with van der Waals surface area (Å²) in [6.45, 7) is 6.89. The number of ether oxygens (including phenoxy) is 3. The molecule has 1 N–H and O–H groups in total. The van der Waals surface area contributed by atoms with Gasteiger partial charge in [0.05, 0.1) is 17.7 Å². The Bertz CT molecular complexity index is 1240. The van der Waals surface area contributed by atoms with Gasteiger partial charge in [-0.25, -0.2) is 0 Å². The summed E-state index contributed by atoms with van der Waals surface area (Å²) < 4.78 is 17.4. The van der Waals surface area contributed by atoms with Gasteiger partial charge in [-0.1, -0.05) is 38.1 Å². The third-order valence-corrected chi connectivity index (χ3v) is 6.54. The molecule has 0 aromatic heterocycles. The maximum Gasteiger partial charge on any atom is 0.283 e. The monoisotopic (exact) mass is 492 g/mol. The van der Waals surface area contributed by atoms with Gasteiger partial charge in [-0.3, -0.25) is 10.2 Å². The highest BCUT2D eigenvalue weighted by atomic mass is 32.2. The molecule has 4 rings (SSSR count). The molecule has 0 saturated carbocycles. The summed E-state index contributed by atoms with van der Waals surface area (Å²) in [5, 5.41) is 15.2. The lowest BCUT2D eigenvalue weighted by Gasteiger charge is -2.20. The van der Waals surface area contributed by atoms with Crippen molar-refractivity contribution >= 4 is 39.8 Å². The molecule has 0 spiro atoms. The largest absolute Gasteiger partial charge is 0.493 e. The molecule has 0 fully saturated rings. The topological polar surface area (TPSA) is 96.6 Å². The quantitative estimate of drug-likeness (QED) is 0.377. The van der Waals surface area contributed by atoms with Gasteiger partial charge >= 0.3 is 0 Å². The molecule has 0 bridgehead atoms. The zero-order valence-electron chi connectivity index (χ0n) is 20.2. The van der Waals surface area contributed by atoms with E-state index in [0.717, 1.165) is 17.2 Å². The van der Waals surface area contributed by atoms with E-state index in [1.807, 2.05) is 25.1 Å². The molecule has 2 aliphatic heterocycles. The molecule has 2 aliphatic rings. The molecule has 2 heterocycles. The Morgan fingerprint density at radius 2 is 1.86 bits per heavy atom. The number of carbonyl (C=O) groups is 1. The zero-order valence-corrected chi connectivity index (χ0v) is 21.0. The van der Waals surface area contributed by atoms with Crippen molar-refractivity contribution in [1.82, 2.24) is 5.01 Å². The molecular weight excluding hydrogens is 464 g/mol. The Hall–Kier alpha value is -3.59. The Morgan fingerprint density at radius 1 is 1.11 bits per heavy atom. The first kappa shape index (κ1) is 24.5. The van der Waals surface area contributed by atoms with E-state index in [9.17, 15) is 4.79 Å². The van der Waals surface area contributed by atoms with E-state index in [0.29, 0.717) is 41.4 Å². The van der Waals surface area contributed by atoms with Crippen LogP contribution in [0.4, 0.5) is 0 Å². The van der Waals surface area contributed by atoms with Crippen molar-refractivity contribution in [2.24, 2.45) is 10.1 Å². The minimum atomic E-state index is -0.465. The van der Waals surface area contributed by atoms with E-state index in [2.05, 4.69) is 30.0 Å². The Labute approximate surface area is 209 Å². The molecule has 182 valence electrons. The minimum Gasteiger partial charge on any atom is -0.493 e. The van der Waals surface area contributed by atoms with Crippen molar-refractivity contribution < 1.29 is 19.0 Å². The average Bonchev–Trinajstić information content (AvgIpc) is 3.24. The fourth-order valence-corrected chi connectivity index (χ4v) is 4.42. The second kappa shape index (κ2) is 10.8. The second-order valence-corrected chi connectivity index (χ2v) is 9.25. The van der Waals surface area contributed by atoms with Gasteiger partial charge in [0.2, 0.25) is 5.17 Å². The highest BCUT2D eigenvalue weighted by Gasteiger charge is 2.34. The van der Waals surface area contributed by atoms with Crippen LogP contribution in [0, 0.1) is 5.41 Å². The molecule has 1 atom stereocenters. The SMILES string of the molecule is CCC(C)c1ccccc1OCCOc1ccc(/C=C2/C(=N)N3N=C(C)SC3=NC2=O)cc1OC. The van der Waals surface area contributed by atoms with E-state index < -0.39 is 5.91 Å². The number of hydrogen-bond acceptors (Lipinski definition) is 7. The number of benzene rings is 2. The van der Waals surface area contributed by atoms with Gasteiger partial charge in [0.15, 0.2) is 17.3 Å². The normalized spacial score (nSPS) is 17.1. The van der Waals surface area contributed by atoms with Crippen LogP contribution in [0.3, 0.4) is 0 Å². The van der Waals surface area contributed by atoms with Crippen LogP contribution >= 0.6 is 11.8 Å². The lowest BCUT2D eigenvalue weighted by Crippen LogP contribution is -2.35. The molecule has 9 heteroatoms. The van der Waals surface area contributed by atoms with E-state index in [4.69, 9.17) is 19.6 Å². The number of amides is 1. The predicted octanol–water partition coefficient (Wildman–Crippen LogP) is 5.31. The van der Waals surface area contributed by atoms with Crippen LogP contribution in [-0.4, -0.2) is 47.3 Å². The first-order chi connectivity index (χ1) is 16.9. The van der Waals surface area contributed by atoms with Crippen LogP contribution in [-0.2, 0) is 4.79 Å². The first-order valence-electron chi connectivity index (χ1n) is 11.4. The number of methoxy groups -OCH3 is 1. The van der Waals surface area contributed by atoms with Crippen LogP contribution in [0.1, 0.15) is 44.2 Å². The third-order valence-electron chi connectivity index (χ3n) is 5.71. The lowest BCUT2D eigenvalue weighted by atomic mass is 9.98. The van der Waals surface area contributed by atoms with Crippen LogP contribution in [0.5, 0.6) is 17.2 Å². The standard InChI is InChI=1S/C26H28N4O4S/c1-5-16(2)19-8-6-7-9-21(19)33-12-13-34-22-11-10-18(15-23(22)32-4)14-20-24(27)30-26(28-25(20)31)35-17(3)29-30/h6-11,14-16,27H,5,12-13H2,1-4H3/b20-14-,27-24?. The summed E-state index contributed by atoms with van der Waals surface area (Å²) in [5.74, 6) is 1.91. The van der Waals surface area contributed by atoms with Crippen LogP contribution < -0.4 is 14.2 Å². The van der Waals surface area contributed by atoms with E-state index >= 15 is 0 Å². The van der Waals surface area contributed by atoms with Crippen LogP contribution in [0.2, 0.25) is 0 Å². The third kappa shape index (κ3) is 5.40. The van der Waals surface area contributed by atoms with Crippen molar-refractivity contribution in [3.8, 4) is 17.2 Å². The summed E-state index contributed by atoms with van der Waals surface area (Å²) in [4.78, 5) is 16.6. The van der Waals surface area contributed by atoms with Crippen LogP contribution in [0.25, 0.3) is 6.08 Å². The number of para-hydroxylation sites is 1. The van der Waals surface area contributed by atoms with Gasteiger partial charge in [0.1, 0.15) is 19.0 Å². The molecule has 1 unspecified atom stereocenters. The molecule has 1 amide bonds. The summed E-state index contributed by atoms with van der Waals surface area (Å²) in [5.41, 5.74) is 2.04. The van der Waals surface area contributed by atoms with Crippen molar-refractivity contribution in [1.29, 1.82) is 5.41 Å². The summed E-state index contributed by atoms with van der Waals surface area (Å²) in [6, 6.07) is 13.4. The van der Waals surface area contributed by atoms with E-state index in [1.54, 1.807) is 31.4 Å². The van der Waals surface area contributed by atoms with Crippen LogP contribution in [0.15, 0.2) is 58.1 Å². The number of nitrogens with zero attached hydrogens (tertiary/aromatic N) is 3. The van der Waals surface area contributed by atoms with Crippen molar-refractivity contribution in [2.45, 2.75) is 33.1 Å². The number of rotatable bonds is 9. The van der Waals surface area contributed by atoms with Gasteiger partial charge < -0.3 is 14.2 Å². The van der Waals surface area contributed by atoms with E-state index in [-0.39, 0.29) is 11.4 Å². The van der Waals surface area contributed by atoms with Crippen molar-refractivity contribution in [3.63, 3.8) is 0 Å². The lowest BCUT2D eigenvalue weighted by molar-refractivity contribution is -0.114. The van der Waals surface area contributed by atoms with Gasteiger partial charge in [-0.05, 0) is 66.4 Å². The Kier molecular flexibility index (Phi) is 7.55. The number of amidine groups is 2. The average molecular weight is 493 g/mol.